The lowest BCUT2D eigenvalue weighted by Crippen LogP contribution is -2.48. The number of hydrogen-bond donors (Lipinski definition) is 0. The standard InChI is InChI=1S/C20H22N6O3/c1-14-18(13-16-3-5-17(6-4-16)26(28)29)20(23-19(22-14)7-8-21)25-11-9-24(10-12-25)15(2)27/h3-6H,7,9-13H2,1-2H3. The van der Waals surface area contributed by atoms with E-state index in [1.165, 1.54) is 12.1 Å². The summed E-state index contributed by atoms with van der Waals surface area (Å²) in [6.45, 7) is 5.98. The average molecular weight is 394 g/mol. The van der Waals surface area contributed by atoms with Gasteiger partial charge in [0.1, 0.15) is 11.6 Å². The van der Waals surface area contributed by atoms with Crippen LogP contribution in [0, 0.1) is 28.4 Å². The summed E-state index contributed by atoms with van der Waals surface area (Å²) >= 11 is 0. The largest absolute Gasteiger partial charge is 0.353 e. The Bertz CT molecular complexity index is 959. The first-order valence-corrected chi connectivity index (χ1v) is 9.36. The lowest BCUT2D eigenvalue weighted by Gasteiger charge is -2.36. The first-order valence-electron chi connectivity index (χ1n) is 9.36. The number of carbonyl (C=O) groups is 1. The summed E-state index contributed by atoms with van der Waals surface area (Å²) in [5, 5.41) is 19.9. The van der Waals surface area contributed by atoms with E-state index in [-0.39, 0.29) is 18.0 Å². The van der Waals surface area contributed by atoms with E-state index in [1.807, 2.05) is 6.92 Å². The van der Waals surface area contributed by atoms with Gasteiger partial charge in [0, 0.05) is 62.9 Å². The number of benzene rings is 1. The maximum Gasteiger partial charge on any atom is 0.269 e. The van der Waals surface area contributed by atoms with E-state index in [9.17, 15) is 14.9 Å². The summed E-state index contributed by atoms with van der Waals surface area (Å²) in [5.74, 6) is 1.30. The molecule has 2 aromatic rings. The molecule has 0 radical (unpaired) electrons. The van der Waals surface area contributed by atoms with Crippen molar-refractivity contribution in [3.63, 3.8) is 0 Å². The van der Waals surface area contributed by atoms with E-state index in [0.29, 0.717) is 38.4 Å². The third kappa shape index (κ3) is 4.66. The second kappa shape index (κ2) is 8.65. The molecule has 0 unspecified atom stereocenters. The van der Waals surface area contributed by atoms with Crippen molar-refractivity contribution in [3.8, 4) is 6.07 Å². The first-order chi connectivity index (χ1) is 13.9. The zero-order valence-corrected chi connectivity index (χ0v) is 16.5. The van der Waals surface area contributed by atoms with Crippen LogP contribution >= 0.6 is 0 Å². The van der Waals surface area contributed by atoms with Gasteiger partial charge in [-0.3, -0.25) is 14.9 Å². The molecule has 9 nitrogen and oxygen atoms in total. The first kappa shape index (κ1) is 20.2. The van der Waals surface area contributed by atoms with Gasteiger partial charge in [0.2, 0.25) is 5.91 Å². The molecule has 1 aliphatic heterocycles. The van der Waals surface area contributed by atoms with Crippen LogP contribution in [0.2, 0.25) is 0 Å². The van der Waals surface area contributed by atoms with Gasteiger partial charge in [-0.1, -0.05) is 12.1 Å². The number of carbonyl (C=O) groups excluding carboxylic acids is 1. The van der Waals surface area contributed by atoms with Crippen LogP contribution in [0.3, 0.4) is 0 Å². The molecule has 9 heteroatoms. The van der Waals surface area contributed by atoms with Crippen LogP contribution in [0.4, 0.5) is 11.5 Å². The van der Waals surface area contributed by atoms with Gasteiger partial charge in [0.25, 0.3) is 5.69 Å². The van der Waals surface area contributed by atoms with Gasteiger partial charge in [0.15, 0.2) is 0 Å². The summed E-state index contributed by atoms with van der Waals surface area (Å²) in [7, 11) is 0. The second-order valence-electron chi connectivity index (χ2n) is 6.96. The molecular weight excluding hydrogens is 372 g/mol. The maximum atomic E-state index is 11.6. The van der Waals surface area contributed by atoms with E-state index in [4.69, 9.17) is 5.26 Å². The summed E-state index contributed by atoms with van der Waals surface area (Å²) in [5.41, 5.74) is 2.68. The number of aromatic nitrogens is 2. The minimum absolute atomic E-state index is 0.0478. The molecule has 1 fully saturated rings. The van der Waals surface area contributed by atoms with Crippen molar-refractivity contribution in [1.82, 2.24) is 14.9 Å². The number of anilines is 1. The normalized spacial score (nSPS) is 13.8. The van der Waals surface area contributed by atoms with Crippen LogP contribution in [0.5, 0.6) is 0 Å². The molecule has 0 N–H and O–H groups in total. The highest BCUT2D eigenvalue weighted by Gasteiger charge is 2.24. The molecule has 2 heterocycles. The van der Waals surface area contributed by atoms with Crippen LogP contribution < -0.4 is 4.90 Å². The number of nitro benzene ring substituents is 1. The number of nitriles is 1. The lowest BCUT2D eigenvalue weighted by atomic mass is 10.0. The van der Waals surface area contributed by atoms with Crippen molar-refractivity contribution in [2.75, 3.05) is 31.1 Å². The second-order valence-corrected chi connectivity index (χ2v) is 6.96. The molecule has 0 atom stereocenters. The topological polar surface area (TPSA) is 116 Å². The van der Waals surface area contributed by atoms with Crippen molar-refractivity contribution >= 4 is 17.4 Å². The van der Waals surface area contributed by atoms with Crippen LogP contribution in [0.25, 0.3) is 0 Å². The highest BCUT2D eigenvalue weighted by atomic mass is 16.6. The van der Waals surface area contributed by atoms with Crippen LogP contribution in [0.1, 0.15) is 29.6 Å². The Kier molecular flexibility index (Phi) is 6.02. The van der Waals surface area contributed by atoms with E-state index >= 15 is 0 Å². The molecule has 0 bridgehead atoms. The minimum Gasteiger partial charge on any atom is -0.353 e. The van der Waals surface area contributed by atoms with E-state index < -0.39 is 4.92 Å². The molecule has 0 spiro atoms. The molecule has 1 amide bonds. The monoisotopic (exact) mass is 394 g/mol. The minimum atomic E-state index is -0.422. The molecule has 1 aliphatic rings. The van der Waals surface area contributed by atoms with Crippen molar-refractivity contribution in [2.45, 2.75) is 26.7 Å². The molecule has 1 aromatic heterocycles. The fourth-order valence-electron chi connectivity index (χ4n) is 3.43. The van der Waals surface area contributed by atoms with Gasteiger partial charge in [-0.25, -0.2) is 9.97 Å². The summed E-state index contributed by atoms with van der Waals surface area (Å²) in [6, 6.07) is 8.53. The zero-order valence-electron chi connectivity index (χ0n) is 16.5. The highest BCUT2D eigenvalue weighted by Crippen LogP contribution is 2.26. The van der Waals surface area contributed by atoms with Crippen molar-refractivity contribution in [1.29, 1.82) is 5.26 Å². The lowest BCUT2D eigenvalue weighted by molar-refractivity contribution is -0.384. The van der Waals surface area contributed by atoms with Gasteiger partial charge >= 0.3 is 0 Å². The van der Waals surface area contributed by atoms with Crippen LogP contribution in [-0.2, 0) is 17.6 Å². The third-order valence-corrected chi connectivity index (χ3v) is 5.03. The van der Waals surface area contributed by atoms with E-state index in [2.05, 4.69) is 20.9 Å². The molecule has 3 rings (SSSR count). The highest BCUT2D eigenvalue weighted by molar-refractivity contribution is 5.73. The zero-order chi connectivity index (χ0) is 21.0. The smallest absolute Gasteiger partial charge is 0.269 e. The number of hydrogen-bond acceptors (Lipinski definition) is 7. The Morgan fingerprint density at radius 1 is 1.21 bits per heavy atom. The van der Waals surface area contributed by atoms with Gasteiger partial charge in [0.05, 0.1) is 17.4 Å². The summed E-state index contributed by atoms with van der Waals surface area (Å²) in [4.78, 5) is 35.1. The summed E-state index contributed by atoms with van der Waals surface area (Å²) < 4.78 is 0. The van der Waals surface area contributed by atoms with Crippen molar-refractivity contribution < 1.29 is 9.72 Å². The van der Waals surface area contributed by atoms with Crippen molar-refractivity contribution in [3.05, 3.63) is 57.0 Å². The van der Waals surface area contributed by atoms with Gasteiger partial charge < -0.3 is 9.80 Å². The number of non-ortho nitro benzene ring substituents is 1. The van der Waals surface area contributed by atoms with Crippen LogP contribution in [0.15, 0.2) is 24.3 Å². The SMILES string of the molecule is CC(=O)N1CCN(c2nc(CC#N)nc(C)c2Cc2ccc([N+](=O)[O-])cc2)CC1. The number of piperazine rings is 1. The van der Waals surface area contributed by atoms with Gasteiger partial charge in [-0.05, 0) is 12.5 Å². The number of nitro groups is 1. The average Bonchev–Trinajstić information content (AvgIpc) is 2.70. The molecular formula is C20H22N6O3. The van der Waals surface area contributed by atoms with Crippen molar-refractivity contribution in [2.24, 2.45) is 0 Å². The number of rotatable bonds is 5. The molecule has 0 aliphatic carbocycles. The fraction of sp³-hybridized carbons (Fsp3) is 0.400. The quantitative estimate of drug-likeness (QED) is 0.562. The molecule has 1 aromatic carbocycles. The molecule has 1 saturated heterocycles. The molecule has 29 heavy (non-hydrogen) atoms. The molecule has 150 valence electrons. The Morgan fingerprint density at radius 2 is 1.86 bits per heavy atom. The number of aryl methyl sites for hydroxylation is 1. The predicted molar refractivity (Wildman–Crippen MR) is 106 cm³/mol. The van der Waals surface area contributed by atoms with Gasteiger partial charge in [-0.15, -0.1) is 0 Å². The Morgan fingerprint density at radius 3 is 2.41 bits per heavy atom. The van der Waals surface area contributed by atoms with E-state index in [1.54, 1.807) is 24.0 Å². The van der Waals surface area contributed by atoms with Gasteiger partial charge in [-0.2, -0.15) is 5.26 Å². The number of amides is 1. The van der Waals surface area contributed by atoms with E-state index in [0.717, 1.165) is 22.6 Å². The summed E-state index contributed by atoms with van der Waals surface area (Å²) in [6.07, 6.45) is 0.651. The Balaban J connectivity index is 1.92. The predicted octanol–water partition coefficient (Wildman–Crippen LogP) is 2.02. The Labute approximate surface area is 168 Å². The maximum absolute atomic E-state index is 11.6. The number of nitrogens with zero attached hydrogens (tertiary/aromatic N) is 6. The van der Waals surface area contributed by atoms with Crippen LogP contribution in [-0.4, -0.2) is 51.9 Å². The Hall–Kier alpha value is -3.54. The fourth-order valence-corrected chi connectivity index (χ4v) is 3.43. The molecule has 0 saturated carbocycles. The third-order valence-electron chi connectivity index (χ3n) is 5.03.